The fourth-order valence-electron chi connectivity index (χ4n) is 0.930. The molecule has 0 fully saturated rings. The number of esters is 1. The number of carboxylic acids is 1. The number of carbonyl (C=O) groups excluding carboxylic acids is 1. The summed E-state index contributed by atoms with van der Waals surface area (Å²) in [5.41, 5.74) is 0.446. The van der Waals surface area contributed by atoms with E-state index >= 15 is 0 Å². The zero-order chi connectivity index (χ0) is 11.1. The molecule has 4 heteroatoms. The second-order valence-electron chi connectivity index (χ2n) is 2.71. The predicted octanol–water partition coefficient (Wildman–Crippen LogP) is 1.48. The molecule has 0 bridgehead atoms. The van der Waals surface area contributed by atoms with Crippen LogP contribution >= 0.6 is 0 Å². The van der Waals surface area contributed by atoms with Crippen LogP contribution in [0.1, 0.15) is 10.4 Å². The standard InChI is InChI=1S/C11H10O4/c12-10(13)7-4-8-15-11(14)9-5-2-1-3-6-9/h1-7H,8H2,(H,12,13). The fourth-order valence-corrected chi connectivity index (χ4v) is 0.930. The summed E-state index contributed by atoms with van der Waals surface area (Å²) in [5, 5.41) is 8.27. The number of ether oxygens (including phenoxy) is 1. The van der Waals surface area contributed by atoms with Crippen molar-refractivity contribution in [3.63, 3.8) is 0 Å². The zero-order valence-corrected chi connectivity index (χ0v) is 7.92. The molecule has 0 aliphatic rings. The largest absolute Gasteiger partial charge is 0.478 e. The van der Waals surface area contributed by atoms with Gasteiger partial charge in [-0.3, -0.25) is 0 Å². The van der Waals surface area contributed by atoms with Crippen molar-refractivity contribution in [3.05, 3.63) is 48.0 Å². The predicted molar refractivity (Wildman–Crippen MR) is 53.5 cm³/mol. The highest BCUT2D eigenvalue weighted by molar-refractivity contribution is 5.89. The van der Waals surface area contributed by atoms with Gasteiger partial charge in [-0.1, -0.05) is 18.2 Å². The summed E-state index contributed by atoms with van der Waals surface area (Å²) in [5.74, 6) is -1.53. The Morgan fingerprint density at radius 3 is 2.53 bits per heavy atom. The van der Waals surface area contributed by atoms with Crippen molar-refractivity contribution >= 4 is 11.9 Å². The molecule has 0 atom stereocenters. The van der Waals surface area contributed by atoms with Crippen LogP contribution in [0.25, 0.3) is 0 Å². The van der Waals surface area contributed by atoms with Gasteiger partial charge in [-0.25, -0.2) is 9.59 Å². The highest BCUT2D eigenvalue weighted by Gasteiger charge is 2.03. The molecule has 0 aromatic heterocycles. The van der Waals surface area contributed by atoms with Crippen LogP contribution in [0, 0.1) is 0 Å². The Morgan fingerprint density at radius 1 is 1.27 bits per heavy atom. The van der Waals surface area contributed by atoms with Crippen LogP contribution in [0.2, 0.25) is 0 Å². The number of hydrogen-bond donors (Lipinski definition) is 1. The Bertz CT molecular complexity index is 367. The summed E-state index contributed by atoms with van der Waals surface area (Å²) in [4.78, 5) is 21.4. The maximum absolute atomic E-state index is 11.3. The minimum atomic E-state index is -1.06. The van der Waals surface area contributed by atoms with Crippen molar-refractivity contribution in [1.29, 1.82) is 0 Å². The van der Waals surface area contributed by atoms with Gasteiger partial charge in [0.05, 0.1) is 5.56 Å². The van der Waals surface area contributed by atoms with Crippen molar-refractivity contribution in [3.8, 4) is 0 Å². The molecule has 1 N–H and O–H groups in total. The number of aliphatic carboxylic acids is 1. The lowest BCUT2D eigenvalue weighted by Crippen LogP contribution is -2.04. The molecule has 0 heterocycles. The summed E-state index contributed by atoms with van der Waals surface area (Å²) in [6.45, 7) is -0.0416. The molecule has 0 spiro atoms. The molecule has 0 amide bonds. The topological polar surface area (TPSA) is 63.6 Å². The lowest BCUT2D eigenvalue weighted by Gasteiger charge is -2.00. The average molecular weight is 206 g/mol. The Hall–Kier alpha value is -2.10. The lowest BCUT2D eigenvalue weighted by atomic mass is 10.2. The smallest absolute Gasteiger partial charge is 0.338 e. The molecule has 1 aromatic rings. The molecule has 0 saturated carbocycles. The SMILES string of the molecule is O=C(O)C=CCOC(=O)c1ccccc1. The summed E-state index contributed by atoms with van der Waals surface area (Å²) >= 11 is 0. The Kier molecular flexibility index (Phi) is 4.09. The van der Waals surface area contributed by atoms with Gasteiger partial charge < -0.3 is 9.84 Å². The summed E-state index contributed by atoms with van der Waals surface area (Å²) in [6.07, 6.45) is 2.20. The number of benzene rings is 1. The first kappa shape index (κ1) is 11.0. The van der Waals surface area contributed by atoms with Crippen LogP contribution in [-0.4, -0.2) is 23.7 Å². The van der Waals surface area contributed by atoms with Crippen molar-refractivity contribution in [2.45, 2.75) is 0 Å². The van der Waals surface area contributed by atoms with Gasteiger partial charge in [0, 0.05) is 6.08 Å². The number of carbonyl (C=O) groups is 2. The van der Waals surface area contributed by atoms with Crippen molar-refractivity contribution in [2.24, 2.45) is 0 Å². The van der Waals surface area contributed by atoms with E-state index in [1.165, 1.54) is 6.08 Å². The summed E-state index contributed by atoms with van der Waals surface area (Å²) < 4.78 is 4.79. The molecular formula is C11H10O4. The minimum Gasteiger partial charge on any atom is -0.478 e. The van der Waals surface area contributed by atoms with Crippen LogP contribution in [0.15, 0.2) is 42.5 Å². The van der Waals surface area contributed by atoms with E-state index in [0.29, 0.717) is 5.56 Å². The van der Waals surface area contributed by atoms with Crippen molar-refractivity contribution in [1.82, 2.24) is 0 Å². The molecule has 0 unspecified atom stereocenters. The molecule has 0 radical (unpaired) electrons. The van der Waals surface area contributed by atoms with E-state index in [2.05, 4.69) is 0 Å². The molecule has 0 aliphatic heterocycles. The molecule has 15 heavy (non-hydrogen) atoms. The van der Waals surface area contributed by atoms with Gasteiger partial charge in [-0.15, -0.1) is 0 Å². The fraction of sp³-hybridized carbons (Fsp3) is 0.0909. The normalized spacial score (nSPS) is 10.1. The maximum Gasteiger partial charge on any atom is 0.338 e. The molecular weight excluding hydrogens is 196 g/mol. The number of rotatable bonds is 4. The monoisotopic (exact) mass is 206 g/mol. The Balaban J connectivity index is 2.41. The third kappa shape index (κ3) is 4.08. The van der Waals surface area contributed by atoms with Crippen LogP contribution in [0.3, 0.4) is 0 Å². The molecule has 0 saturated heterocycles. The molecule has 4 nitrogen and oxygen atoms in total. The number of hydrogen-bond acceptors (Lipinski definition) is 3. The van der Waals surface area contributed by atoms with Crippen LogP contribution in [-0.2, 0) is 9.53 Å². The summed E-state index contributed by atoms with van der Waals surface area (Å²) in [6, 6.07) is 8.50. The first-order valence-electron chi connectivity index (χ1n) is 4.32. The first-order valence-corrected chi connectivity index (χ1v) is 4.32. The molecule has 0 aliphatic carbocycles. The van der Waals surface area contributed by atoms with E-state index in [4.69, 9.17) is 9.84 Å². The van der Waals surface area contributed by atoms with Gasteiger partial charge in [0.1, 0.15) is 6.61 Å². The van der Waals surface area contributed by atoms with E-state index in [9.17, 15) is 9.59 Å². The Morgan fingerprint density at radius 2 is 1.93 bits per heavy atom. The van der Waals surface area contributed by atoms with Gasteiger partial charge in [0.15, 0.2) is 0 Å². The highest BCUT2D eigenvalue weighted by Crippen LogP contribution is 2.00. The zero-order valence-electron chi connectivity index (χ0n) is 7.92. The first-order chi connectivity index (χ1) is 7.20. The van der Waals surface area contributed by atoms with E-state index in [-0.39, 0.29) is 6.61 Å². The maximum atomic E-state index is 11.3. The van der Waals surface area contributed by atoms with Gasteiger partial charge in [-0.2, -0.15) is 0 Å². The summed E-state index contributed by atoms with van der Waals surface area (Å²) in [7, 11) is 0. The second-order valence-corrected chi connectivity index (χ2v) is 2.71. The van der Waals surface area contributed by atoms with Gasteiger partial charge in [-0.05, 0) is 18.2 Å². The minimum absolute atomic E-state index is 0.0416. The molecule has 1 aromatic carbocycles. The van der Waals surface area contributed by atoms with Gasteiger partial charge in [0.2, 0.25) is 0 Å². The third-order valence-corrected chi connectivity index (χ3v) is 1.58. The average Bonchev–Trinajstić information content (AvgIpc) is 2.25. The van der Waals surface area contributed by atoms with E-state index in [1.807, 2.05) is 0 Å². The number of carboxylic acid groups (broad SMARTS) is 1. The van der Waals surface area contributed by atoms with E-state index in [1.54, 1.807) is 30.3 Å². The van der Waals surface area contributed by atoms with E-state index in [0.717, 1.165) is 6.08 Å². The highest BCUT2D eigenvalue weighted by atomic mass is 16.5. The van der Waals surface area contributed by atoms with Crippen molar-refractivity contribution in [2.75, 3.05) is 6.61 Å². The van der Waals surface area contributed by atoms with Crippen molar-refractivity contribution < 1.29 is 19.4 Å². The van der Waals surface area contributed by atoms with E-state index < -0.39 is 11.9 Å². The van der Waals surface area contributed by atoms with Gasteiger partial charge >= 0.3 is 11.9 Å². The Labute approximate surface area is 86.8 Å². The van der Waals surface area contributed by atoms with Crippen LogP contribution in [0.4, 0.5) is 0 Å². The lowest BCUT2D eigenvalue weighted by molar-refractivity contribution is -0.131. The van der Waals surface area contributed by atoms with Gasteiger partial charge in [0.25, 0.3) is 0 Å². The molecule has 78 valence electrons. The van der Waals surface area contributed by atoms with Crippen LogP contribution < -0.4 is 0 Å². The van der Waals surface area contributed by atoms with Crippen LogP contribution in [0.5, 0.6) is 0 Å². The second kappa shape index (κ2) is 5.59. The third-order valence-electron chi connectivity index (χ3n) is 1.58. The quantitative estimate of drug-likeness (QED) is 0.598. The molecule has 1 rings (SSSR count).